The normalized spacial score (nSPS) is 12.0. The lowest BCUT2D eigenvalue weighted by Crippen LogP contribution is -2.21. The number of aryl methyl sites for hydroxylation is 2. The number of alkyl halides is 3. The van der Waals surface area contributed by atoms with E-state index in [1.807, 2.05) is 18.5 Å². The summed E-state index contributed by atoms with van der Waals surface area (Å²) >= 11 is 6.53. The average Bonchev–Trinajstić information content (AvgIpc) is 2.97. The zero-order chi connectivity index (χ0) is 22.2. The number of rotatable bonds is 7. The fourth-order valence-corrected chi connectivity index (χ4v) is 3.24. The smallest absolute Gasteiger partial charge is 0.391 e. The van der Waals surface area contributed by atoms with E-state index in [-0.39, 0.29) is 12.6 Å². The Balaban J connectivity index is 0.00000132. The number of benzene rings is 1. The molecule has 29 heavy (non-hydrogen) atoms. The Labute approximate surface area is 172 Å². The van der Waals surface area contributed by atoms with Gasteiger partial charge in [0.15, 0.2) is 0 Å². The molecular weight excluding hydrogens is 409 g/mol. The third-order valence-corrected chi connectivity index (χ3v) is 4.75. The van der Waals surface area contributed by atoms with Gasteiger partial charge in [-0.3, -0.25) is 4.68 Å². The monoisotopic (exact) mass is 432 g/mol. The summed E-state index contributed by atoms with van der Waals surface area (Å²) in [4.78, 5) is 16.2. The van der Waals surface area contributed by atoms with E-state index in [0.717, 1.165) is 23.4 Å². The zero-order valence-electron chi connectivity index (χ0n) is 16.8. The van der Waals surface area contributed by atoms with Crippen LogP contribution in [0.1, 0.15) is 38.4 Å². The van der Waals surface area contributed by atoms with Gasteiger partial charge < -0.3 is 4.74 Å². The van der Waals surface area contributed by atoms with Gasteiger partial charge in [0.05, 0.1) is 29.4 Å². The van der Waals surface area contributed by atoms with Crippen LogP contribution in [-0.2, 0) is 29.0 Å². The van der Waals surface area contributed by atoms with E-state index in [0.29, 0.717) is 29.3 Å². The Morgan fingerprint density at radius 2 is 1.90 bits per heavy atom. The van der Waals surface area contributed by atoms with Gasteiger partial charge in [0, 0.05) is 12.1 Å². The lowest BCUT2D eigenvalue weighted by Gasteiger charge is -2.17. The zero-order valence-corrected chi connectivity index (χ0v) is 17.5. The molecule has 0 radical (unpaired) electrons. The molecule has 0 aliphatic carbocycles. The molecule has 1 heterocycles. The third kappa shape index (κ3) is 6.34. The second-order valence-corrected chi connectivity index (χ2v) is 6.83. The Kier molecular flexibility index (Phi) is 9.40. The van der Waals surface area contributed by atoms with E-state index in [1.165, 1.54) is 14.0 Å². The molecule has 0 spiro atoms. The van der Waals surface area contributed by atoms with Gasteiger partial charge >= 0.3 is 12.3 Å². The van der Waals surface area contributed by atoms with Gasteiger partial charge in [-0.25, -0.2) is 0 Å². The maximum absolute atomic E-state index is 12.8. The van der Waals surface area contributed by atoms with Crippen LogP contribution in [0.5, 0.6) is 5.75 Å². The number of carbonyl (C=O) groups excluding carboxylic acids is 2. The summed E-state index contributed by atoms with van der Waals surface area (Å²) in [6, 6.07) is 5.12. The maximum atomic E-state index is 12.8. The molecule has 1 aromatic carbocycles. The van der Waals surface area contributed by atoms with Crippen LogP contribution >= 0.6 is 11.6 Å². The maximum Gasteiger partial charge on any atom is 0.391 e. The van der Waals surface area contributed by atoms with Crippen molar-refractivity contribution in [2.45, 2.75) is 52.8 Å². The molecule has 0 aliphatic heterocycles. The first-order valence-electron chi connectivity index (χ1n) is 9.12. The SMILES string of the molecule is CCCn1nc(CC)c(Cl)c1-c1ccc(CC(C)C(F)(F)F)cc1OC.O=C=O. The van der Waals surface area contributed by atoms with E-state index in [1.54, 1.807) is 18.2 Å². The van der Waals surface area contributed by atoms with E-state index in [2.05, 4.69) is 5.10 Å². The standard InChI is InChI=1S/C19H24ClF3N2O.CO2/c1-5-9-25-18(17(20)15(6-2)24-25)14-8-7-13(11-16(14)26-4)10-12(3)19(21,22)23;2-1-3/h7-8,11-12H,5-6,9-10H2,1-4H3;. The predicted molar refractivity (Wildman–Crippen MR) is 103 cm³/mol. The van der Waals surface area contributed by atoms with Gasteiger partial charge in [0.25, 0.3) is 0 Å². The summed E-state index contributed by atoms with van der Waals surface area (Å²) in [7, 11) is 1.50. The number of ether oxygens (including phenoxy) is 1. The number of hydrogen-bond acceptors (Lipinski definition) is 4. The number of nitrogens with zero attached hydrogens (tertiary/aromatic N) is 2. The molecule has 0 fully saturated rings. The molecule has 0 saturated heterocycles. The Morgan fingerprint density at radius 3 is 2.38 bits per heavy atom. The molecule has 2 aromatic rings. The van der Waals surface area contributed by atoms with Crippen molar-refractivity contribution in [1.82, 2.24) is 9.78 Å². The molecule has 2 rings (SSSR count). The van der Waals surface area contributed by atoms with Crippen molar-refractivity contribution in [2.24, 2.45) is 5.92 Å². The number of aromatic nitrogens is 2. The molecule has 1 unspecified atom stereocenters. The van der Waals surface area contributed by atoms with Gasteiger partial charge in [-0.05, 0) is 37.0 Å². The minimum Gasteiger partial charge on any atom is -0.496 e. The summed E-state index contributed by atoms with van der Waals surface area (Å²) in [5.41, 5.74) is 2.86. The highest BCUT2D eigenvalue weighted by Gasteiger charge is 2.35. The number of halogens is 4. The van der Waals surface area contributed by atoms with Gasteiger partial charge in [-0.15, -0.1) is 0 Å². The van der Waals surface area contributed by atoms with Crippen LogP contribution in [-0.4, -0.2) is 29.2 Å². The molecular formula is C20H24ClF3N2O3. The van der Waals surface area contributed by atoms with Crippen LogP contribution in [0, 0.1) is 5.92 Å². The minimum atomic E-state index is -4.22. The molecule has 1 aromatic heterocycles. The fraction of sp³-hybridized carbons (Fsp3) is 0.500. The van der Waals surface area contributed by atoms with E-state index >= 15 is 0 Å². The summed E-state index contributed by atoms with van der Waals surface area (Å²) in [6.45, 7) is 5.91. The van der Waals surface area contributed by atoms with Crippen LogP contribution in [0.15, 0.2) is 18.2 Å². The summed E-state index contributed by atoms with van der Waals surface area (Å²) in [5, 5.41) is 5.12. The lowest BCUT2D eigenvalue weighted by molar-refractivity contribution is -0.191. The van der Waals surface area contributed by atoms with Crippen molar-refractivity contribution in [3.8, 4) is 17.0 Å². The first-order chi connectivity index (χ1) is 13.6. The largest absolute Gasteiger partial charge is 0.496 e. The summed E-state index contributed by atoms with van der Waals surface area (Å²) in [5.74, 6) is -0.919. The average molecular weight is 433 g/mol. The molecule has 1 atom stereocenters. The fourth-order valence-electron chi connectivity index (χ4n) is 2.87. The molecule has 0 aliphatic rings. The molecule has 0 N–H and O–H groups in total. The lowest BCUT2D eigenvalue weighted by atomic mass is 9.98. The van der Waals surface area contributed by atoms with Crippen LogP contribution < -0.4 is 4.74 Å². The Morgan fingerprint density at radius 1 is 1.28 bits per heavy atom. The first-order valence-corrected chi connectivity index (χ1v) is 9.50. The molecule has 0 amide bonds. The van der Waals surface area contributed by atoms with Crippen molar-refractivity contribution in [1.29, 1.82) is 0 Å². The van der Waals surface area contributed by atoms with Crippen LogP contribution in [0.3, 0.4) is 0 Å². The molecule has 0 bridgehead atoms. The van der Waals surface area contributed by atoms with E-state index in [4.69, 9.17) is 25.9 Å². The Bertz CT molecular complexity index is 844. The molecule has 5 nitrogen and oxygen atoms in total. The van der Waals surface area contributed by atoms with Crippen molar-refractivity contribution in [3.05, 3.63) is 34.5 Å². The van der Waals surface area contributed by atoms with Crippen molar-refractivity contribution >= 4 is 17.8 Å². The van der Waals surface area contributed by atoms with Crippen molar-refractivity contribution in [2.75, 3.05) is 7.11 Å². The van der Waals surface area contributed by atoms with E-state index < -0.39 is 12.1 Å². The van der Waals surface area contributed by atoms with Gasteiger partial charge in [0.1, 0.15) is 5.75 Å². The third-order valence-electron chi connectivity index (χ3n) is 4.35. The highest BCUT2D eigenvalue weighted by Crippen LogP contribution is 2.38. The van der Waals surface area contributed by atoms with Crippen molar-refractivity contribution < 1.29 is 27.5 Å². The van der Waals surface area contributed by atoms with Gasteiger partial charge in [-0.1, -0.05) is 38.4 Å². The topological polar surface area (TPSA) is 61.2 Å². The molecule has 0 saturated carbocycles. The second-order valence-electron chi connectivity index (χ2n) is 6.45. The Hall–Kier alpha value is -2.31. The summed E-state index contributed by atoms with van der Waals surface area (Å²) < 4.78 is 45.8. The van der Waals surface area contributed by atoms with Crippen molar-refractivity contribution in [3.63, 3.8) is 0 Å². The molecule has 160 valence electrons. The highest BCUT2D eigenvalue weighted by atomic mass is 35.5. The van der Waals surface area contributed by atoms with Gasteiger partial charge in [0.2, 0.25) is 0 Å². The second kappa shape index (κ2) is 11.0. The highest BCUT2D eigenvalue weighted by molar-refractivity contribution is 6.33. The number of methoxy groups -OCH3 is 1. The quantitative estimate of drug-likeness (QED) is 0.592. The van der Waals surface area contributed by atoms with Crippen LogP contribution in [0.4, 0.5) is 13.2 Å². The van der Waals surface area contributed by atoms with Crippen LogP contribution in [0.25, 0.3) is 11.3 Å². The van der Waals surface area contributed by atoms with Gasteiger partial charge in [-0.2, -0.15) is 27.9 Å². The molecule has 9 heteroatoms. The predicted octanol–water partition coefficient (Wildman–Crippen LogP) is 5.34. The first kappa shape index (κ1) is 24.7. The number of hydrogen-bond donors (Lipinski definition) is 0. The summed E-state index contributed by atoms with van der Waals surface area (Å²) in [6.07, 6.45) is -2.48. The van der Waals surface area contributed by atoms with Crippen LogP contribution in [0.2, 0.25) is 5.02 Å². The minimum absolute atomic E-state index is 0.0949. The van der Waals surface area contributed by atoms with E-state index in [9.17, 15) is 13.2 Å².